The van der Waals surface area contributed by atoms with E-state index < -0.39 is 5.54 Å². The molecule has 1 aromatic carbocycles. The summed E-state index contributed by atoms with van der Waals surface area (Å²) in [5.41, 5.74) is 2.92. The number of nitrogens with one attached hydrogen (secondary N) is 1. The first kappa shape index (κ1) is 21.1. The number of amides is 1. The average Bonchev–Trinajstić information content (AvgIpc) is 3.28. The third kappa shape index (κ3) is 4.05. The predicted molar refractivity (Wildman–Crippen MR) is 114 cm³/mol. The van der Waals surface area contributed by atoms with E-state index in [2.05, 4.69) is 10.3 Å². The van der Waals surface area contributed by atoms with Gasteiger partial charge in [-0.1, -0.05) is 11.6 Å². The zero-order valence-electron chi connectivity index (χ0n) is 16.8. The maximum absolute atomic E-state index is 13.2. The summed E-state index contributed by atoms with van der Waals surface area (Å²) in [5, 5.41) is 13.9. The SMILES string of the molecule is Cc1ncsc1COc1cc2c(C(=O)NC3(CO)CCOCC3)c(C)oc2cc1Cl. The van der Waals surface area contributed by atoms with Crippen LogP contribution in [0.2, 0.25) is 5.02 Å². The van der Waals surface area contributed by atoms with Crippen LogP contribution in [0.15, 0.2) is 22.1 Å². The number of nitrogens with zero attached hydrogens (tertiary/aromatic N) is 1. The lowest BCUT2D eigenvalue weighted by Gasteiger charge is -2.36. The lowest BCUT2D eigenvalue weighted by Crippen LogP contribution is -2.54. The Kier molecular flexibility index (Phi) is 6.02. The molecule has 160 valence electrons. The van der Waals surface area contributed by atoms with Crippen LogP contribution in [-0.4, -0.2) is 41.4 Å². The second-order valence-corrected chi connectivity index (χ2v) is 8.81. The third-order valence-corrected chi connectivity index (χ3v) is 6.68. The molecule has 1 fully saturated rings. The van der Waals surface area contributed by atoms with E-state index in [1.54, 1.807) is 24.6 Å². The van der Waals surface area contributed by atoms with E-state index >= 15 is 0 Å². The molecule has 0 bridgehead atoms. The lowest BCUT2D eigenvalue weighted by molar-refractivity contribution is 0.0125. The highest BCUT2D eigenvalue weighted by Gasteiger charge is 2.35. The number of aliphatic hydroxyl groups is 1. The number of carbonyl (C=O) groups is 1. The normalized spacial score (nSPS) is 16.0. The van der Waals surface area contributed by atoms with Crippen LogP contribution < -0.4 is 10.1 Å². The molecule has 0 spiro atoms. The predicted octanol–water partition coefficient (Wildman–Crippen LogP) is 4.01. The molecule has 0 aliphatic carbocycles. The minimum atomic E-state index is -0.694. The molecular weight excluding hydrogens is 428 g/mol. The van der Waals surface area contributed by atoms with Gasteiger partial charge in [0, 0.05) is 24.7 Å². The van der Waals surface area contributed by atoms with Gasteiger partial charge in [0.15, 0.2) is 0 Å². The maximum Gasteiger partial charge on any atom is 0.255 e. The number of aliphatic hydroxyl groups excluding tert-OH is 1. The summed E-state index contributed by atoms with van der Waals surface area (Å²) >= 11 is 7.90. The first-order valence-corrected chi connectivity index (χ1v) is 10.9. The van der Waals surface area contributed by atoms with Crippen molar-refractivity contribution in [1.82, 2.24) is 10.3 Å². The molecule has 1 saturated heterocycles. The summed E-state index contributed by atoms with van der Waals surface area (Å²) in [6.07, 6.45) is 1.11. The van der Waals surface area contributed by atoms with Gasteiger partial charge in [0.05, 0.1) is 38.8 Å². The van der Waals surface area contributed by atoms with E-state index in [4.69, 9.17) is 25.5 Å². The molecule has 0 unspecified atom stereocenters. The van der Waals surface area contributed by atoms with Crippen LogP contribution in [0.1, 0.15) is 39.5 Å². The minimum absolute atomic E-state index is 0.147. The van der Waals surface area contributed by atoms with Crippen LogP contribution in [0.5, 0.6) is 5.75 Å². The van der Waals surface area contributed by atoms with Gasteiger partial charge in [-0.15, -0.1) is 11.3 Å². The van der Waals surface area contributed by atoms with Crippen molar-refractivity contribution in [2.45, 2.75) is 38.8 Å². The van der Waals surface area contributed by atoms with Crippen molar-refractivity contribution in [2.24, 2.45) is 0 Å². The number of aromatic nitrogens is 1. The number of rotatable bonds is 6. The van der Waals surface area contributed by atoms with Gasteiger partial charge in [-0.3, -0.25) is 4.79 Å². The summed E-state index contributed by atoms with van der Waals surface area (Å²) < 4.78 is 17.1. The second kappa shape index (κ2) is 8.55. The summed E-state index contributed by atoms with van der Waals surface area (Å²) in [5.74, 6) is 0.651. The van der Waals surface area contributed by atoms with Crippen LogP contribution in [0, 0.1) is 13.8 Å². The van der Waals surface area contributed by atoms with E-state index in [-0.39, 0.29) is 12.5 Å². The summed E-state index contributed by atoms with van der Waals surface area (Å²) in [6, 6.07) is 3.39. The Morgan fingerprint density at radius 3 is 2.80 bits per heavy atom. The fourth-order valence-corrected chi connectivity index (χ4v) is 4.51. The number of hydrogen-bond donors (Lipinski definition) is 2. The van der Waals surface area contributed by atoms with Crippen molar-refractivity contribution >= 4 is 39.8 Å². The van der Waals surface area contributed by atoms with E-state index in [9.17, 15) is 9.90 Å². The van der Waals surface area contributed by atoms with Gasteiger partial charge in [0.25, 0.3) is 5.91 Å². The van der Waals surface area contributed by atoms with E-state index in [0.29, 0.717) is 65.7 Å². The molecule has 2 aromatic heterocycles. The highest BCUT2D eigenvalue weighted by Crippen LogP contribution is 2.36. The Morgan fingerprint density at radius 2 is 2.13 bits per heavy atom. The summed E-state index contributed by atoms with van der Waals surface area (Å²) in [7, 11) is 0. The Hall–Kier alpha value is -2.13. The highest BCUT2D eigenvalue weighted by molar-refractivity contribution is 7.09. The first-order valence-electron chi connectivity index (χ1n) is 9.68. The van der Waals surface area contributed by atoms with Crippen molar-refractivity contribution in [2.75, 3.05) is 19.8 Å². The van der Waals surface area contributed by atoms with Crippen LogP contribution in [-0.2, 0) is 11.3 Å². The van der Waals surface area contributed by atoms with Crippen molar-refractivity contribution in [3.05, 3.63) is 44.6 Å². The van der Waals surface area contributed by atoms with Gasteiger partial charge in [0.1, 0.15) is 23.7 Å². The smallest absolute Gasteiger partial charge is 0.255 e. The van der Waals surface area contributed by atoms with Gasteiger partial charge < -0.3 is 24.3 Å². The molecule has 0 atom stereocenters. The number of furan rings is 1. The lowest BCUT2D eigenvalue weighted by atomic mass is 9.90. The molecule has 3 heterocycles. The number of thiazole rings is 1. The fraction of sp³-hybridized carbons (Fsp3) is 0.429. The number of fused-ring (bicyclic) bond motifs is 1. The Bertz CT molecular complexity index is 1070. The monoisotopic (exact) mass is 450 g/mol. The molecule has 0 saturated carbocycles. The average molecular weight is 451 g/mol. The summed E-state index contributed by atoms with van der Waals surface area (Å²) in [4.78, 5) is 18.4. The van der Waals surface area contributed by atoms with Crippen LogP contribution in [0.3, 0.4) is 0 Å². The molecule has 0 radical (unpaired) electrons. The van der Waals surface area contributed by atoms with Gasteiger partial charge in [-0.25, -0.2) is 4.98 Å². The molecule has 1 aliphatic heterocycles. The molecule has 30 heavy (non-hydrogen) atoms. The summed E-state index contributed by atoms with van der Waals surface area (Å²) in [6.45, 7) is 4.85. The zero-order chi connectivity index (χ0) is 21.3. The van der Waals surface area contributed by atoms with Gasteiger partial charge in [0.2, 0.25) is 0 Å². The topological polar surface area (TPSA) is 93.8 Å². The van der Waals surface area contributed by atoms with E-state index in [1.165, 1.54) is 11.3 Å². The number of hydrogen-bond acceptors (Lipinski definition) is 7. The first-order chi connectivity index (χ1) is 14.4. The van der Waals surface area contributed by atoms with Crippen molar-refractivity contribution < 1.29 is 23.8 Å². The number of benzene rings is 1. The van der Waals surface area contributed by atoms with E-state index in [1.807, 2.05) is 6.92 Å². The molecule has 4 rings (SSSR count). The molecule has 9 heteroatoms. The Labute approximate surface area is 183 Å². The van der Waals surface area contributed by atoms with Crippen LogP contribution in [0.25, 0.3) is 11.0 Å². The number of aryl methyl sites for hydroxylation is 2. The van der Waals surface area contributed by atoms with E-state index in [0.717, 1.165) is 10.6 Å². The zero-order valence-corrected chi connectivity index (χ0v) is 18.4. The number of ether oxygens (including phenoxy) is 2. The fourth-order valence-electron chi connectivity index (χ4n) is 3.61. The van der Waals surface area contributed by atoms with Gasteiger partial charge in [-0.2, -0.15) is 0 Å². The quantitative estimate of drug-likeness (QED) is 0.589. The molecule has 1 aliphatic rings. The molecular formula is C21H23ClN2O5S. The van der Waals surface area contributed by atoms with Crippen molar-refractivity contribution in [3.63, 3.8) is 0 Å². The van der Waals surface area contributed by atoms with Gasteiger partial charge in [-0.05, 0) is 32.8 Å². The number of halogens is 1. The Balaban J connectivity index is 1.63. The van der Waals surface area contributed by atoms with Crippen molar-refractivity contribution in [3.8, 4) is 5.75 Å². The molecule has 3 aromatic rings. The molecule has 1 amide bonds. The third-order valence-electron chi connectivity index (χ3n) is 5.48. The van der Waals surface area contributed by atoms with Crippen LogP contribution in [0.4, 0.5) is 0 Å². The second-order valence-electron chi connectivity index (χ2n) is 7.47. The highest BCUT2D eigenvalue weighted by atomic mass is 35.5. The van der Waals surface area contributed by atoms with Crippen LogP contribution >= 0.6 is 22.9 Å². The minimum Gasteiger partial charge on any atom is -0.486 e. The van der Waals surface area contributed by atoms with Gasteiger partial charge >= 0.3 is 0 Å². The standard InChI is InChI=1S/C21H23ClN2O5S/c1-12-18(30-11-23-12)9-28-17-7-14-16(8-15(17)22)29-13(2)19(14)20(26)24-21(10-25)3-5-27-6-4-21/h7-8,11,25H,3-6,9-10H2,1-2H3,(H,24,26). The molecule has 2 N–H and O–H groups in total. The largest absolute Gasteiger partial charge is 0.486 e. The molecule has 7 nitrogen and oxygen atoms in total. The van der Waals surface area contributed by atoms with Crippen molar-refractivity contribution in [1.29, 1.82) is 0 Å². The Morgan fingerprint density at radius 1 is 1.37 bits per heavy atom. The maximum atomic E-state index is 13.2. The number of carbonyl (C=O) groups excluding carboxylic acids is 1.